The molecule has 1 aliphatic rings. The van der Waals surface area contributed by atoms with Crippen LogP contribution in [0.15, 0.2) is 42.5 Å². The van der Waals surface area contributed by atoms with Crippen molar-refractivity contribution in [3.63, 3.8) is 0 Å². The smallest absolute Gasteiger partial charge is 0.335 e. The summed E-state index contributed by atoms with van der Waals surface area (Å²) in [6.45, 7) is 1.23. The standard InChI is InChI=1S/C18H15FN2O5/c1-10-17(23)21(9-16(22)20-13-5-3-12(19)4-6-13)14-7-2-11(18(24)25)8-15(14)26-10/h2-8,10H,9H2,1H3,(H,20,22)(H,24,25). The van der Waals surface area contributed by atoms with E-state index in [1.807, 2.05) is 0 Å². The lowest BCUT2D eigenvalue weighted by Crippen LogP contribution is -2.47. The van der Waals surface area contributed by atoms with Crippen molar-refractivity contribution < 1.29 is 28.6 Å². The summed E-state index contributed by atoms with van der Waals surface area (Å²) in [6.07, 6.45) is -0.856. The lowest BCUT2D eigenvalue weighted by atomic mass is 10.1. The molecule has 0 saturated carbocycles. The number of carbonyl (C=O) groups is 3. The molecule has 8 heteroatoms. The van der Waals surface area contributed by atoms with Gasteiger partial charge in [-0.05, 0) is 49.4 Å². The van der Waals surface area contributed by atoms with Gasteiger partial charge in [0.05, 0.1) is 11.3 Å². The zero-order chi connectivity index (χ0) is 18.8. The Kier molecular flexibility index (Phi) is 4.57. The van der Waals surface area contributed by atoms with E-state index in [-0.39, 0.29) is 17.9 Å². The summed E-state index contributed by atoms with van der Waals surface area (Å²) >= 11 is 0. The van der Waals surface area contributed by atoms with Crippen LogP contribution < -0.4 is 15.0 Å². The molecule has 1 atom stereocenters. The summed E-state index contributed by atoms with van der Waals surface area (Å²) in [5.41, 5.74) is 0.722. The number of carbonyl (C=O) groups excluding carboxylic acids is 2. The second-order valence-corrected chi connectivity index (χ2v) is 5.73. The van der Waals surface area contributed by atoms with Crippen LogP contribution in [0.25, 0.3) is 0 Å². The Morgan fingerprint density at radius 2 is 1.92 bits per heavy atom. The molecule has 0 spiro atoms. The summed E-state index contributed by atoms with van der Waals surface area (Å²) in [7, 11) is 0. The minimum absolute atomic E-state index is 0.0148. The van der Waals surface area contributed by atoms with Crippen molar-refractivity contribution in [2.24, 2.45) is 0 Å². The summed E-state index contributed by atoms with van der Waals surface area (Å²) in [5, 5.41) is 11.7. The number of aromatic carboxylic acids is 1. The number of nitrogens with one attached hydrogen (secondary N) is 1. The summed E-state index contributed by atoms with van der Waals surface area (Å²) in [6, 6.07) is 9.30. The minimum Gasteiger partial charge on any atom is -0.479 e. The number of hydrogen-bond acceptors (Lipinski definition) is 4. The molecule has 7 nitrogen and oxygen atoms in total. The number of fused-ring (bicyclic) bond motifs is 1. The maximum Gasteiger partial charge on any atom is 0.335 e. The largest absolute Gasteiger partial charge is 0.479 e. The van der Waals surface area contributed by atoms with E-state index in [9.17, 15) is 18.8 Å². The lowest BCUT2D eigenvalue weighted by molar-refractivity contribution is -0.127. The number of benzene rings is 2. The molecule has 134 valence electrons. The molecule has 2 N–H and O–H groups in total. The Balaban J connectivity index is 1.82. The molecule has 1 aliphatic heterocycles. The van der Waals surface area contributed by atoms with Gasteiger partial charge in [0.25, 0.3) is 5.91 Å². The maximum absolute atomic E-state index is 12.9. The van der Waals surface area contributed by atoms with E-state index >= 15 is 0 Å². The summed E-state index contributed by atoms with van der Waals surface area (Å²) in [4.78, 5) is 37.0. The first kappa shape index (κ1) is 17.4. The maximum atomic E-state index is 12.9. The van der Waals surface area contributed by atoms with Crippen molar-refractivity contribution in [3.8, 4) is 5.75 Å². The number of anilines is 2. The molecule has 2 aromatic rings. The normalized spacial score (nSPS) is 15.8. The molecule has 0 radical (unpaired) electrons. The van der Waals surface area contributed by atoms with Crippen molar-refractivity contribution in [2.75, 3.05) is 16.8 Å². The average Bonchev–Trinajstić information content (AvgIpc) is 2.60. The van der Waals surface area contributed by atoms with Gasteiger partial charge in [0.15, 0.2) is 6.10 Å². The SMILES string of the molecule is CC1Oc2cc(C(=O)O)ccc2N(CC(=O)Nc2ccc(F)cc2)C1=O. The van der Waals surface area contributed by atoms with Crippen LogP contribution in [-0.2, 0) is 9.59 Å². The van der Waals surface area contributed by atoms with Gasteiger partial charge >= 0.3 is 5.97 Å². The van der Waals surface area contributed by atoms with E-state index in [1.165, 1.54) is 54.3 Å². The first-order valence-electron chi connectivity index (χ1n) is 7.76. The topological polar surface area (TPSA) is 95.9 Å². The molecule has 0 aliphatic carbocycles. The summed E-state index contributed by atoms with van der Waals surface area (Å²) in [5.74, 6) is -2.24. The quantitative estimate of drug-likeness (QED) is 0.874. The van der Waals surface area contributed by atoms with Gasteiger partial charge in [-0.2, -0.15) is 0 Å². The molecule has 0 fully saturated rings. The Bertz CT molecular complexity index is 882. The highest BCUT2D eigenvalue weighted by atomic mass is 19.1. The molecule has 0 bridgehead atoms. The minimum atomic E-state index is -1.12. The monoisotopic (exact) mass is 358 g/mol. The van der Waals surface area contributed by atoms with Gasteiger partial charge in [0.2, 0.25) is 5.91 Å². The van der Waals surface area contributed by atoms with Gasteiger partial charge in [0, 0.05) is 5.69 Å². The van der Waals surface area contributed by atoms with Crippen LogP contribution in [0.1, 0.15) is 17.3 Å². The highest BCUT2D eigenvalue weighted by Gasteiger charge is 2.33. The highest BCUT2D eigenvalue weighted by molar-refractivity contribution is 6.06. The van der Waals surface area contributed by atoms with Crippen LogP contribution in [0, 0.1) is 5.82 Å². The molecule has 0 saturated heterocycles. The lowest BCUT2D eigenvalue weighted by Gasteiger charge is -2.32. The molecule has 0 aromatic heterocycles. The molecular formula is C18H15FN2O5. The fourth-order valence-corrected chi connectivity index (χ4v) is 2.58. The number of nitrogens with zero attached hydrogens (tertiary/aromatic N) is 1. The van der Waals surface area contributed by atoms with Gasteiger partial charge in [-0.3, -0.25) is 14.5 Å². The number of rotatable bonds is 4. The van der Waals surface area contributed by atoms with Crippen molar-refractivity contribution in [3.05, 3.63) is 53.8 Å². The van der Waals surface area contributed by atoms with Crippen LogP contribution in [0.4, 0.5) is 15.8 Å². The van der Waals surface area contributed by atoms with E-state index in [2.05, 4.69) is 5.32 Å². The van der Waals surface area contributed by atoms with Crippen LogP contribution in [0.5, 0.6) is 5.75 Å². The fraction of sp³-hybridized carbons (Fsp3) is 0.167. The molecule has 26 heavy (non-hydrogen) atoms. The van der Waals surface area contributed by atoms with E-state index in [0.717, 1.165) is 0 Å². The van der Waals surface area contributed by atoms with Crippen molar-refractivity contribution in [1.82, 2.24) is 0 Å². The third-order valence-electron chi connectivity index (χ3n) is 3.84. The molecule has 1 heterocycles. The van der Waals surface area contributed by atoms with Gasteiger partial charge < -0.3 is 15.2 Å². The number of carboxylic acid groups (broad SMARTS) is 1. The molecule has 2 aromatic carbocycles. The predicted molar refractivity (Wildman–Crippen MR) is 90.9 cm³/mol. The first-order valence-corrected chi connectivity index (χ1v) is 7.76. The number of hydrogen-bond donors (Lipinski definition) is 2. The molecule has 1 unspecified atom stereocenters. The molecular weight excluding hydrogens is 343 g/mol. The van der Waals surface area contributed by atoms with Gasteiger partial charge in [0.1, 0.15) is 18.1 Å². The van der Waals surface area contributed by atoms with E-state index in [0.29, 0.717) is 11.4 Å². The Labute approximate surface area is 148 Å². The van der Waals surface area contributed by atoms with Gasteiger partial charge in [-0.15, -0.1) is 0 Å². The number of ether oxygens (including phenoxy) is 1. The summed E-state index contributed by atoms with van der Waals surface area (Å²) < 4.78 is 18.4. The van der Waals surface area contributed by atoms with E-state index in [4.69, 9.17) is 9.84 Å². The van der Waals surface area contributed by atoms with Crippen LogP contribution in [-0.4, -0.2) is 35.5 Å². The fourth-order valence-electron chi connectivity index (χ4n) is 2.58. The number of carboxylic acids is 1. The van der Waals surface area contributed by atoms with Crippen LogP contribution in [0.3, 0.4) is 0 Å². The number of amides is 2. The highest BCUT2D eigenvalue weighted by Crippen LogP contribution is 2.34. The zero-order valence-electron chi connectivity index (χ0n) is 13.7. The van der Waals surface area contributed by atoms with Gasteiger partial charge in [-0.25, -0.2) is 9.18 Å². The Morgan fingerprint density at radius 3 is 2.58 bits per heavy atom. The van der Waals surface area contributed by atoms with Crippen molar-refractivity contribution >= 4 is 29.2 Å². The third-order valence-corrected chi connectivity index (χ3v) is 3.84. The van der Waals surface area contributed by atoms with Gasteiger partial charge in [-0.1, -0.05) is 0 Å². The number of halogens is 1. The zero-order valence-corrected chi connectivity index (χ0v) is 13.7. The first-order chi connectivity index (χ1) is 12.3. The van der Waals surface area contributed by atoms with Crippen molar-refractivity contribution in [1.29, 1.82) is 0 Å². The van der Waals surface area contributed by atoms with E-state index in [1.54, 1.807) is 0 Å². The van der Waals surface area contributed by atoms with Crippen molar-refractivity contribution in [2.45, 2.75) is 13.0 Å². The predicted octanol–water partition coefficient (Wildman–Crippen LogP) is 2.28. The van der Waals surface area contributed by atoms with Crippen LogP contribution >= 0.6 is 0 Å². The van der Waals surface area contributed by atoms with Crippen LogP contribution in [0.2, 0.25) is 0 Å². The second-order valence-electron chi connectivity index (χ2n) is 5.73. The Hall–Kier alpha value is -3.42. The van der Waals surface area contributed by atoms with E-state index < -0.39 is 29.7 Å². The molecule has 3 rings (SSSR count). The molecule has 2 amide bonds. The second kappa shape index (κ2) is 6.83. The third kappa shape index (κ3) is 3.49. The Morgan fingerprint density at radius 1 is 1.23 bits per heavy atom. The average molecular weight is 358 g/mol.